The number of aromatic nitrogens is 3. The lowest BCUT2D eigenvalue weighted by atomic mass is 9.98. The van der Waals surface area contributed by atoms with Crippen molar-refractivity contribution in [3.63, 3.8) is 0 Å². The van der Waals surface area contributed by atoms with E-state index in [4.69, 9.17) is 0 Å². The van der Waals surface area contributed by atoms with Crippen LogP contribution in [-0.4, -0.2) is 37.4 Å². The Hall–Kier alpha value is -3.75. The Balaban J connectivity index is 1.73. The standard InChI is InChI=1S/C21H20FN5O3/c22-16-7-1-2-9-18(16)27-20(29)15(19(28)25-21(27)30)13-24-26-11-4-3-8-17(26)14-6-5-10-23-12-14/h1-2,5-7,9-10,12-13,17,29H,3-4,8,11H2,(H,25,28,30)/t17-/m1/s1. The minimum Gasteiger partial charge on any atom is -0.493 e. The van der Waals surface area contributed by atoms with E-state index in [0.717, 1.165) is 30.9 Å². The van der Waals surface area contributed by atoms with Crippen molar-refractivity contribution in [3.8, 4) is 11.6 Å². The van der Waals surface area contributed by atoms with Gasteiger partial charge in [0.1, 0.15) is 11.4 Å². The fraction of sp³-hybridized carbons (Fsp3) is 0.238. The van der Waals surface area contributed by atoms with Crippen LogP contribution in [0.3, 0.4) is 0 Å². The molecule has 1 atom stereocenters. The first-order chi connectivity index (χ1) is 14.6. The molecule has 2 N–H and O–H groups in total. The molecule has 0 radical (unpaired) electrons. The van der Waals surface area contributed by atoms with E-state index in [1.165, 1.54) is 24.4 Å². The molecule has 1 fully saturated rings. The second kappa shape index (κ2) is 8.32. The molecule has 30 heavy (non-hydrogen) atoms. The number of hydrazone groups is 1. The number of piperidine rings is 1. The van der Waals surface area contributed by atoms with Crippen molar-refractivity contribution in [2.24, 2.45) is 5.10 Å². The van der Waals surface area contributed by atoms with Crippen LogP contribution in [0.5, 0.6) is 5.88 Å². The molecule has 0 spiro atoms. The molecule has 1 aliphatic rings. The summed E-state index contributed by atoms with van der Waals surface area (Å²) in [5.74, 6) is -1.38. The molecule has 0 bridgehead atoms. The average Bonchev–Trinajstić information content (AvgIpc) is 2.75. The summed E-state index contributed by atoms with van der Waals surface area (Å²) in [5.41, 5.74) is -1.14. The van der Waals surface area contributed by atoms with E-state index >= 15 is 0 Å². The third-order valence-corrected chi connectivity index (χ3v) is 5.09. The van der Waals surface area contributed by atoms with Crippen LogP contribution in [0.4, 0.5) is 4.39 Å². The lowest BCUT2D eigenvalue weighted by Crippen LogP contribution is -2.33. The number of nitrogens with zero attached hydrogens (tertiary/aromatic N) is 4. The molecule has 0 unspecified atom stereocenters. The smallest absolute Gasteiger partial charge is 0.335 e. The summed E-state index contributed by atoms with van der Waals surface area (Å²) in [5, 5.41) is 16.8. The first-order valence-corrected chi connectivity index (χ1v) is 9.60. The molecule has 154 valence electrons. The highest BCUT2D eigenvalue weighted by Gasteiger charge is 2.23. The Labute approximate surface area is 171 Å². The molecule has 0 amide bonds. The molecule has 3 heterocycles. The van der Waals surface area contributed by atoms with Gasteiger partial charge >= 0.3 is 5.69 Å². The molecule has 0 aliphatic carbocycles. The van der Waals surface area contributed by atoms with Gasteiger partial charge in [0.2, 0.25) is 5.88 Å². The number of halogens is 1. The van der Waals surface area contributed by atoms with Gasteiger partial charge < -0.3 is 5.11 Å². The average molecular weight is 409 g/mol. The van der Waals surface area contributed by atoms with Crippen LogP contribution in [0.15, 0.2) is 63.5 Å². The van der Waals surface area contributed by atoms with Gasteiger partial charge in [-0.25, -0.2) is 13.8 Å². The zero-order valence-electron chi connectivity index (χ0n) is 16.0. The Morgan fingerprint density at radius 3 is 2.80 bits per heavy atom. The summed E-state index contributed by atoms with van der Waals surface area (Å²) < 4.78 is 14.9. The molecule has 1 saturated heterocycles. The lowest BCUT2D eigenvalue weighted by molar-refractivity contribution is 0.156. The maximum absolute atomic E-state index is 14.2. The van der Waals surface area contributed by atoms with Crippen LogP contribution < -0.4 is 11.2 Å². The highest BCUT2D eigenvalue weighted by atomic mass is 19.1. The van der Waals surface area contributed by atoms with Crippen LogP contribution in [0.1, 0.15) is 36.4 Å². The predicted octanol–water partition coefficient (Wildman–Crippen LogP) is 2.33. The number of aromatic amines is 1. The van der Waals surface area contributed by atoms with Crippen molar-refractivity contribution in [2.45, 2.75) is 25.3 Å². The topological polar surface area (TPSA) is 104 Å². The first-order valence-electron chi connectivity index (χ1n) is 9.60. The third-order valence-electron chi connectivity index (χ3n) is 5.09. The highest BCUT2D eigenvalue weighted by molar-refractivity contribution is 5.82. The van der Waals surface area contributed by atoms with Gasteiger partial charge in [-0.2, -0.15) is 5.10 Å². The second-order valence-corrected chi connectivity index (χ2v) is 6.99. The number of pyridine rings is 1. The molecule has 9 heteroatoms. The molecule has 1 aliphatic heterocycles. The van der Waals surface area contributed by atoms with Crippen molar-refractivity contribution in [1.82, 2.24) is 19.5 Å². The number of aromatic hydroxyl groups is 1. The maximum Gasteiger partial charge on any atom is 0.335 e. The Morgan fingerprint density at radius 2 is 2.03 bits per heavy atom. The first kappa shape index (κ1) is 19.6. The highest BCUT2D eigenvalue weighted by Crippen LogP contribution is 2.30. The number of rotatable bonds is 4. The summed E-state index contributed by atoms with van der Waals surface area (Å²) in [6.45, 7) is 0.668. The summed E-state index contributed by atoms with van der Waals surface area (Å²) in [4.78, 5) is 30.8. The Morgan fingerprint density at radius 1 is 1.20 bits per heavy atom. The van der Waals surface area contributed by atoms with Crippen molar-refractivity contribution in [3.05, 3.63) is 86.6 Å². The summed E-state index contributed by atoms with van der Waals surface area (Å²) in [6.07, 6.45) is 7.53. The van der Waals surface area contributed by atoms with Crippen molar-refractivity contribution in [1.29, 1.82) is 0 Å². The van der Waals surface area contributed by atoms with Gasteiger partial charge in [0.25, 0.3) is 5.56 Å². The predicted molar refractivity (Wildman–Crippen MR) is 109 cm³/mol. The van der Waals surface area contributed by atoms with E-state index in [1.54, 1.807) is 12.4 Å². The zero-order valence-corrected chi connectivity index (χ0v) is 16.0. The normalized spacial score (nSPS) is 16.8. The van der Waals surface area contributed by atoms with E-state index in [9.17, 15) is 19.1 Å². The zero-order chi connectivity index (χ0) is 21.1. The molecule has 3 aromatic rings. The van der Waals surface area contributed by atoms with E-state index in [1.807, 2.05) is 17.1 Å². The number of hydrogen-bond donors (Lipinski definition) is 2. The van der Waals surface area contributed by atoms with Gasteiger partial charge in [-0.3, -0.25) is 19.8 Å². The molecular weight excluding hydrogens is 389 g/mol. The molecular formula is C21H20FN5O3. The van der Waals surface area contributed by atoms with Crippen LogP contribution in [0.2, 0.25) is 0 Å². The monoisotopic (exact) mass is 409 g/mol. The van der Waals surface area contributed by atoms with Gasteiger partial charge in [-0.05, 0) is 43.0 Å². The quantitative estimate of drug-likeness (QED) is 0.644. The van der Waals surface area contributed by atoms with Crippen LogP contribution in [-0.2, 0) is 0 Å². The van der Waals surface area contributed by atoms with Gasteiger partial charge in [-0.15, -0.1) is 0 Å². The third kappa shape index (κ3) is 3.73. The van der Waals surface area contributed by atoms with E-state index in [2.05, 4.69) is 15.1 Å². The minimum absolute atomic E-state index is 0.0117. The number of hydrogen-bond acceptors (Lipinski definition) is 6. The van der Waals surface area contributed by atoms with Crippen LogP contribution in [0.25, 0.3) is 5.69 Å². The van der Waals surface area contributed by atoms with Crippen LogP contribution >= 0.6 is 0 Å². The number of para-hydroxylation sites is 1. The van der Waals surface area contributed by atoms with E-state index < -0.39 is 22.9 Å². The summed E-state index contributed by atoms with van der Waals surface area (Å²) >= 11 is 0. The largest absolute Gasteiger partial charge is 0.493 e. The van der Waals surface area contributed by atoms with Crippen molar-refractivity contribution >= 4 is 6.21 Å². The molecule has 8 nitrogen and oxygen atoms in total. The van der Waals surface area contributed by atoms with Crippen molar-refractivity contribution < 1.29 is 9.50 Å². The SMILES string of the molecule is O=c1[nH]c(=O)n(-c2ccccc2F)c(O)c1C=NN1CCCC[C@@H]1c1cccnc1. The van der Waals surface area contributed by atoms with Gasteiger partial charge in [0.15, 0.2) is 0 Å². The molecule has 0 saturated carbocycles. The second-order valence-electron chi connectivity index (χ2n) is 6.99. The molecule has 4 rings (SSSR count). The van der Waals surface area contributed by atoms with Crippen LogP contribution in [0, 0.1) is 5.82 Å². The van der Waals surface area contributed by atoms with Crippen molar-refractivity contribution in [2.75, 3.05) is 6.54 Å². The summed E-state index contributed by atoms with van der Waals surface area (Å²) in [6, 6.07) is 9.29. The molecule has 2 aromatic heterocycles. The Kier molecular flexibility index (Phi) is 5.42. The Bertz CT molecular complexity index is 1190. The van der Waals surface area contributed by atoms with E-state index in [0.29, 0.717) is 11.1 Å². The van der Waals surface area contributed by atoms with E-state index in [-0.39, 0.29) is 17.3 Å². The molecule has 1 aromatic carbocycles. The number of benzene rings is 1. The van der Waals surface area contributed by atoms with Gasteiger partial charge in [0.05, 0.1) is 17.9 Å². The fourth-order valence-electron chi connectivity index (χ4n) is 3.61. The number of nitrogens with one attached hydrogen (secondary N) is 1. The van der Waals surface area contributed by atoms with Gasteiger partial charge in [-0.1, -0.05) is 18.2 Å². The lowest BCUT2D eigenvalue weighted by Gasteiger charge is -2.33. The number of H-pyrrole nitrogens is 1. The summed E-state index contributed by atoms with van der Waals surface area (Å²) in [7, 11) is 0. The van der Waals surface area contributed by atoms with Gasteiger partial charge in [0, 0.05) is 18.9 Å². The minimum atomic E-state index is -0.939. The maximum atomic E-state index is 14.2. The fourth-order valence-corrected chi connectivity index (χ4v) is 3.61.